The van der Waals surface area contributed by atoms with Crippen LogP contribution in [-0.4, -0.2) is 6.61 Å². The molecule has 7 heteroatoms. The fourth-order valence-electron chi connectivity index (χ4n) is 4.26. The number of hydrogen-bond acceptors (Lipinski definition) is 1. The van der Waals surface area contributed by atoms with Gasteiger partial charge >= 0.3 is 6.61 Å². The fourth-order valence-corrected chi connectivity index (χ4v) is 4.26. The predicted octanol–water partition coefficient (Wildman–Crippen LogP) is 8.79. The fraction of sp³-hybridized carbons (Fsp3) is 0.241. The minimum atomic E-state index is -3.35. The SMILES string of the molecule is CCCCc1ccc(-c2ccc3c(F)c(CCc4cc(F)c(OC(F)F)c(F)c4)ccc3c2)c(F)c1. The highest BCUT2D eigenvalue weighted by molar-refractivity contribution is 5.88. The molecule has 188 valence electrons. The third kappa shape index (κ3) is 5.66. The molecule has 0 radical (unpaired) electrons. The highest BCUT2D eigenvalue weighted by Crippen LogP contribution is 2.31. The van der Waals surface area contributed by atoms with Crippen LogP contribution in [-0.2, 0) is 19.3 Å². The van der Waals surface area contributed by atoms with Gasteiger partial charge < -0.3 is 4.74 Å². The van der Waals surface area contributed by atoms with Crippen molar-refractivity contribution in [2.75, 3.05) is 0 Å². The summed E-state index contributed by atoms with van der Waals surface area (Å²) in [7, 11) is 0. The van der Waals surface area contributed by atoms with E-state index >= 15 is 4.39 Å². The lowest BCUT2D eigenvalue weighted by Crippen LogP contribution is -2.06. The summed E-state index contributed by atoms with van der Waals surface area (Å²) in [6.07, 6.45) is 3.03. The second-order valence-electron chi connectivity index (χ2n) is 8.66. The van der Waals surface area contributed by atoms with E-state index < -0.39 is 29.8 Å². The van der Waals surface area contributed by atoms with Crippen molar-refractivity contribution in [3.05, 3.63) is 101 Å². The zero-order valence-electron chi connectivity index (χ0n) is 19.6. The zero-order chi connectivity index (χ0) is 25.8. The van der Waals surface area contributed by atoms with E-state index in [0.29, 0.717) is 27.5 Å². The van der Waals surface area contributed by atoms with Gasteiger partial charge in [-0.05, 0) is 77.6 Å². The topological polar surface area (TPSA) is 9.23 Å². The van der Waals surface area contributed by atoms with Crippen LogP contribution in [0.15, 0.2) is 60.7 Å². The summed E-state index contributed by atoms with van der Waals surface area (Å²) in [5.41, 5.74) is 2.51. The first-order chi connectivity index (χ1) is 17.3. The van der Waals surface area contributed by atoms with E-state index in [0.717, 1.165) is 37.0 Å². The van der Waals surface area contributed by atoms with Crippen molar-refractivity contribution in [2.45, 2.75) is 45.6 Å². The summed E-state index contributed by atoms with van der Waals surface area (Å²) in [6.45, 7) is -1.27. The summed E-state index contributed by atoms with van der Waals surface area (Å²) >= 11 is 0. The van der Waals surface area contributed by atoms with Gasteiger partial charge in [0.25, 0.3) is 0 Å². The van der Waals surface area contributed by atoms with E-state index in [4.69, 9.17) is 0 Å². The first kappa shape index (κ1) is 25.6. The van der Waals surface area contributed by atoms with Gasteiger partial charge in [-0.15, -0.1) is 0 Å². The normalized spacial score (nSPS) is 11.4. The summed E-state index contributed by atoms with van der Waals surface area (Å²) in [4.78, 5) is 0. The lowest BCUT2D eigenvalue weighted by molar-refractivity contribution is -0.0546. The summed E-state index contributed by atoms with van der Waals surface area (Å²) in [5, 5.41) is 0.933. The molecule has 4 rings (SSSR count). The summed E-state index contributed by atoms with van der Waals surface area (Å²) < 4.78 is 86.3. The van der Waals surface area contributed by atoms with Gasteiger partial charge in [-0.25, -0.2) is 17.6 Å². The minimum Gasteiger partial charge on any atom is -0.429 e. The molecule has 1 nitrogen and oxygen atoms in total. The van der Waals surface area contributed by atoms with Crippen molar-refractivity contribution >= 4 is 10.8 Å². The molecule has 0 amide bonds. The number of benzene rings is 4. The van der Waals surface area contributed by atoms with Crippen molar-refractivity contribution < 1.29 is 31.1 Å². The largest absolute Gasteiger partial charge is 0.429 e. The van der Waals surface area contributed by atoms with Gasteiger partial charge in [-0.1, -0.05) is 49.7 Å². The molecule has 0 saturated heterocycles. The molecule has 0 aliphatic rings. The van der Waals surface area contributed by atoms with Crippen LogP contribution in [0.2, 0.25) is 0 Å². The van der Waals surface area contributed by atoms with Gasteiger partial charge in [0.15, 0.2) is 17.4 Å². The third-order valence-corrected chi connectivity index (χ3v) is 6.15. The van der Waals surface area contributed by atoms with E-state index in [-0.39, 0.29) is 24.2 Å². The van der Waals surface area contributed by atoms with Crippen LogP contribution in [0.25, 0.3) is 21.9 Å². The molecule has 0 unspecified atom stereocenters. The van der Waals surface area contributed by atoms with E-state index in [1.807, 2.05) is 6.07 Å². The number of aryl methyl sites for hydroxylation is 3. The van der Waals surface area contributed by atoms with E-state index in [9.17, 15) is 22.0 Å². The van der Waals surface area contributed by atoms with Gasteiger partial charge in [0.1, 0.15) is 11.6 Å². The average molecular weight is 502 g/mol. The van der Waals surface area contributed by atoms with E-state index in [1.54, 1.807) is 36.4 Å². The molecule has 0 aliphatic carbocycles. The van der Waals surface area contributed by atoms with E-state index in [1.165, 1.54) is 6.07 Å². The highest BCUT2D eigenvalue weighted by Gasteiger charge is 2.17. The van der Waals surface area contributed by atoms with Crippen LogP contribution in [0.4, 0.5) is 26.3 Å². The molecular formula is C29H24F6O. The number of halogens is 6. The maximum Gasteiger partial charge on any atom is 0.387 e. The predicted molar refractivity (Wildman–Crippen MR) is 128 cm³/mol. The van der Waals surface area contributed by atoms with E-state index in [2.05, 4.69) is 11.7 Å². The Labute approximate surface area is 205 Å². The summed E-state index contributed by atoms with van der Waals surface area (Å²) in [6, 6.07) is 15.2. The van der Waals surface area contributed by atoms with Crippen LogP contribution in [0, 0.1) is 23.3 Å². The number of ether oxygens (including phenoxy) is 1. The molecule has 0 fully saturated rings. The van der Waals surface area contributed by atoms with Crippen LogP contribution in [0.5, 0.6) is 5.75 Å². The number of rotatable bonds is 9. The Morgan fingerprint density at radius 3 is 2.11 bits per heavy atom. The average Bonchev–Trinajstić information content (AvgIpc) is 2.84. The summed E-state index contributed by atoms with van der Waals surface area (Å²) in [5.74, 6) is -4.45. The van der Waals surface area contributed by atoms with Crippen LogP contribution >= 0.6 is 0 Å². The van der Waals surface area contributed by atoms with Gasteiger partial charge in [-0.2, -0.15) is 8.78 Å². The molecule has 4 aromatic rings. The molecular weight excluding hydrogens is 478 g/mol. The number of hydrogen-bond donors (Lipinski definition) is 0. The molecule has 0 spiro atoms. The highest BCUT2D eigenvalue weighted by atomic mass is 19.3. The monoisotopic (exact) mass is 502 g/mol. The Morgan fingerprint density at radius 1 is 0.722 bits per heavy atom. The first-order valence-electron chi connectivity index (χ1n) is 11.7. The minimum absolute atomic E-state index is 0.0822. The molecule has 0 atom stereocenters. The molecule has 36 heavy (non-hydrogen) atoms. The molecule has 0 N–H and O–H groups in total. The van der Waals surface area contributed by atoms with Crippen molar-refractivity contribution in [3.8, 4) is 16.9 Å². The van der Waals surface area contributed by atoms with Gasteiger partial charge in [-0.3, -0.25) is 0 Å². The smallest absolute Gasteiger partial charge is 0.387 e. The lowest BCUT2D eigenvalue weighted by atomic mass is 9.96. The Balaban J connectivity index is 1.54. The van der Waals surface area contributed by atoms with Crippen LogP contribution in [0.3, 0.4) is 0 Å². The van der Waals surface area contributed by atoms with Crippen LogP contribution in [0.1, 0.15) is 36.5 Å². The van der Waals surface area contributed by atoms with Crippen molar-refractivity contribution in [1.29, 1.82) is 0 Å². The number of fused-ring (bicyclic) bond motifs is 1. The van der Waals surface area contributed by atoms with Crippen molar-refractivity contribution in [3.63, 3.8) is 0 Å². The quantitative estimate of drug-likeness (QED) is 0.208. The zero-order valence-corrected chi connectivity index (χ0v) is 19.6. The Bertz CT molecular complexity index is 1360. The Kier molecular flexibility index (Phi) is 7.87. The molecule has 0 bridgehead atoms. The molecule has 0 saturated carbocycles. The molecule has 0 heterocycles. The second-order valence-corrected chi connectivity index (χ2v) is 8.66. The number of unbranched alkanes of at least 4 members (excludes halogenated alkanes) is 1. The standard InChI is InChI=1S/C29H24F6O/c1-2-3-4-17-6-11-22(24(30)13-17)20-10-12-23-21(16-20)9-8-19(27(23)33)7-5-18-14-25(31)28(26(32)15-18)36-29(34)35/h6,8-16,29H,2-5,7H2,1H3. The maximum atomic E-state index is 15.2. The molecule has 0 aromatic heterocycles. The van der Waals surface area contributed by atoms with Crippen molar-refractivity contribution in [1.82, 2.24) is 0 Å². The molecule has 0 aliphatic heterocycles. The second kappa shape index (κ2) is 11.1. The van der Waals surface area contributed by atoms with Crippen molar-refractivity contribution in [2.24, 2.45) is 0 Å². The van der Waals surface area contributed by atoms with Gasteiger partial charge in [0.05, 0.1) is 0 Å². The Morgan fingerprint density at radius 2 is 1.44 bits per heavy atom. The first-order valence-corrected chi connectivity index (χ1v) is 11.7. The van der Waals surface area contributed by atoms with Gasteiger partial charge in [0.2, 0.25) is 0 Å². The number of alkyl halides is 2. The van der Waals surface area contributed by atoms with Crippen LogP contribution < -0.4 is 4.74 Å². The molecule has 4 aromatic carbocycles. The lowest BCUT2D eigenvalue weighted by Gasteiger charge is -2.11. The van der Waals surface area contributed by atoms with Gasteiger partial charge in [0, 0.05) is 10.9 Å². The maximum absolute atomic E-state index is 15.2. The third-order valence-electron chi connectivity index (χ3n) is 6.15. The Hall–Kier alpha value is -3.48.